The second-order valence-electron chi connectivity index (χ2n) is 8.63. The Morgan fingerprint density at radius 1 is 0.750 bits per heavy atom. The Labute approximate surface area is 176 Å². The second-order valence-corrected chi connectivity index (χ2v) is 8.63. The van der Waals surface area contributed by atoms with Gasteiger partial charge in [-0.05, 0) is 59.0 Å². The van der Waals surface area contributed by atoms with E-state index < -0.39 is 5.97 Å². The van der Waals surface area contributed by atoms with Crippen molar-refractivity contribution in [3.05, 3.63) is 12.2 Å². The first-order valence-corrected chi connectivity index (χ1v) is 12.1. The van der Waals surface area contributed by atoms with E-state index >= 15 is 0 Å². The summed E-state index contributed by atoms with van der Waals surface area (Å²) in [7, 11) is 4.49. The highest BCUT2D eigenvalue weighted by Crippen LogP contribution is 2.16. The third-order valence-electron chi connectivity index (χ3n) is 5.71. The molecule has 0 aliphatic rings. The number of unbranched alkanes of at least 4 members (excludes halogenated alkanes) is 12. The predicted molar refractivity (Wildman–Crippen MR) is 123 cm³/mol. The zero-order valence-electron chi connectivity index (χ0n) is 19.3. The molecule has 0 aromatic heterocycles. The lowest BCUT2D eigenvalue weighted by Gasteiger charge is -2.24. The minimum absolute atomic E-state index is 0.318. The normalized spacial score (nSPS) is 12.9. The standard InChI is InChI=1S/C25H49NO2/c1-4-5-6-18-21-24(26(2)3)22-19-16-14-12-10-8-7-9-11-13-15-17-20-23-25(27)28/h9,11,24H,4-8,10,12-23H2,1-3H3,(H,27,28)/b11-9+. The van der Waals surface area contributed by atoms with E-state index in [2.05, 4.69) is 38.1 Å². The summed E-state index contributed by atoms with van der Waals surface area (Å²) in [5, 5.41) is 8.58. The maximum absolute atomic E-state index is 10.4. The summed E-state index contributed by atoms with van der Waals surface area (Å²) >= 11 is 0. The number of aliphatic carboxylic acids is 1. The molecule has 0 saturated carbocycles. The van der Waals surface area contributed by atoms with Crippen LogP contribution in [0.4, 0.5) is 0 Å². The van der Waals surface area contributed by atoms with Crippen molar-refractivity contribution in [3.63, 3.8) is 0 Å². The molecule has 3 nitrogen and oxygen atoms in total. The van der Waals surface area contributed by atoms with E-state index in [1.54, 1.807) is 0 Å². The molecule has 1 atom stereocenters. The molecule has 0 aromatic rings. The molecule has 166 valence electrons. The lowest BCUT2D eigenvalue weighted by molar-refractivity contribution is -0.137. The summed E-state index contributed by atoms with van der Waals surface area (Å²) in [6.07, 6.45) is 26.7. The van der Waals surface area contributed by atoms with E-state index in [0.717, 1.165) is 31.7 Å². The van der Waals surface area contributed by atoms with Crippen molar-refractivity contribution in [3.8, 4) is 0 Å². The average Bonchev–Trinajstić information content (AvgIpc) is 2.65. The number of nitrogens with zero attached hydrogens (tertiary/aromatic N) is 1. The van der Waals surface area contributed by atoms with Crippen molar-refractivity contribution in [2.75, 3.05) is 14.1 Å². The van der Waals surface area contributed by atoms with Gasteiger partial charge in [-0.15, -0.1) is 0 Å². The quantitative estimate of drug-likeness (QED) is 0.161. The fourth-order valence-electron chi connectivity index (χ4n) is 3.77. The summed E-state index contributed by atoms with van der Waals surface area (Å²) < 4.78 is 0. The fraction of sp³-hybridized carbons (Fsp3) is 0.880. The van der Waals surface area contributed by atoms with Gasteiger partial charge in [0.05, 0.1) is 0 Å². The Hall–Kier alpha value is -0.830. The number of carboxylic acids is 1. The highest BCUT2D eigenvalue weighted by molar-refractivity contribution is 5.66. The molecule has 0 aromatic carbocycles. The topological polar surface area (TPSA) is 40.5 Å². The first kappa shape index (κ1) is 27.2. The molecule has 0 saturated heterocycles. The molecule has 0 rings (SSSR count). The largest absolute Gasteiger partial charge is 0.481 e. The summed E-state index contributed by atoms with van der Waals surface area (Å²) in [6, 6.07) is 0.783. The van der Waals surface area contributed by atoms with E-state index in [4.69, 9.17) is 5.11 Å². The van der Waals surface area contributed by atoms with E-state index in [1.807, 2.05) is 0 Å². The molecule has 0 aliphatic carbocycles. The zero-order valence-corrected chi connectivity index (χ0v) is 19.3. The van der Waals surface area contributed by atoms with Crippen molar-refractivity contribution in [1.82, 2.24) is 4.90 Å². The predicted octanol–water partition coefficient (Wildman–Crippen LogP) is 7.60. The van der Waals surface area contributed by atoms with Gasteiger partial charge in [0.2, 0.25) is 0 Å². The van der Waals surface area contributed by atoms with E-state index in [1.165, 1.54) is 83.5 Å². The Bertz CT molecular complexity index is 366. The number of carbonyl (C=O) groups is 1. The fourth-order valence-corrected chi connectivity index (χ4v) is 3.77. The summed E-state index contributed by atoms with van der Waals surface area (Å²) in [4.78, 5) is 12.9. The van der Waals surface area contributed by atoms with Gasteiger partial charge >= 0.3 is 5.97 Å². The minimum atomic E-state index is -0.671. The molecular formula is C25H49NO2. The highest BCUT2D eigenvalue weighted by Gasteiger charge is 2.10. The molecule has 1 unspecified atom stereocenters. The zero-order chi connectivity index (χ0) is 20.9. The maximum atomic E-state index is 10.4. The second kappa shape index (κ2) is 20.9. The maximum Gasteiger partial charge on any atom is 0.303 e. The summed E-state index contributed by atoms with van der Waals surface area (Å²) in [6.45, 7) is 2.28. The van der Waals surface area contributed by atoms with Gasteiger partial charge in [-0.25, -0.2) is 0 Å². The van der Waals surface area contributed by atoms with Gasteiger partial charge in [0.15, 0.2) is 0 Å². The van der Waals surface area contributed by atoms with Crippen LogP contribution in [0.3, 0.4) is 0 Å². The highest BCUT2D eigenvalue weighted by atomic mass is 16.4. The van der Waals surface area contributed by atoms with Crippen LogP contribution in [0.1, 0.15) is 122 Å². The van der Waals surface area contributed by atoms with Crippen molar-refractivity contribution in [1.29, 1.82) is 0 Å². The first-order valence-electron chi connectivity index (χ1n) is 12.1. The van der Waals surface area contributed by atoms with Crippen molar-refractivity contribution in [2.45, 2.75) is 129 Å². The van der Waals surface area contributed by atoms with E-state index in [-0.39, 0.29) is 0 Å². The molecule has 0 amide bonds. The van der Waals surface area contributed by atoms with Crippen LogP contribution in [0.5, 0.6) is 0 Å². The van der Waals surface area contributed by atoms with Gasteiger partial charge in [0, 0.05) is 12.5 Å². The van der Waals surface area contributed by atoms with Gasteiger partial charge in [-0.3, -0.25) is 4.79 Å². The number of rotatable bonds is 21. The molecule has 0 aliphatic heterocycles. The first-order chi connectivity index (χ1) is 13.6. The molecule has 1 N–H and O–H groups in total. The third-order valence-corrected chi connectivity index (χ3v) is 5.71. The van der Waals surface area contributed by atoms with Gasteiger partial charge in [0.25, 0.3) is 0 Å². The van der Waals surface area contributed by atoms with E-state index in [0.29, 0.717) is 6.42 Å². The van der Waals surface area contributed by atoms with Crippen molar-refractivity contribution >= 4 is 5.97 Å². The number of hydrogen-bond donors (Lipinski definition) is 1. The smallest absolute Gasteiger partial charge is 0.303 e. The van der Waals surface area contributed by atoms with Crippen molar-refractivity contribution < 1.29 is 9.90 Å². The number of allylic oxidation sites excluding steroid dienone is 2. The van der Waals surface area contributed by atoms with Gasteiger partial charge in [0.1, 0.15) is 0 Å². The molecule has 3 heteroatoms. The van der Waals surface area contributed by atoms with Gasteiger partial charge in [-0.1, -0.05) is 83.3 Å². The van der Waals surface area contributed by atoms with Crippen LogP contribution >= 0.6 is 0 Å². The van der Waals surface area contributed by atoms with Crippen LogP contribution in [-0.4, -0.2) is 36.1 Å². The van der Waals surface area contributed by atoms with Crippen molar-refractivity contribution in [2.24, 2.45) is 0 Å². The lowest BCUT2D eigenvalue weighted by Crippen LogP contribution is -2.27. The van der Waals surface area contributed by atoms with Gasteiger partial charge in [-0.2, -0.15) is 0 Å². The van der Waals surface area contributed by atoms with Crippen LogP contribution in [0.15, 0.2) is 12.2 Å². The minimum Gasteiger partial charge on any atom is -0.481 e. The number of hydrogen-bond acceptors (Lipinski definition) is 2. The molecule has 0 spiro atoms. The van der Waals surface area contributed by atoms with Crippen LogP contribution in [0.25, 0.3) is 0 Å². The Morgan fingerprint density at radius 3 is 1.71 bits per heavy atom. The van der Waals surface area contributed by atoms with Crippen LogP contribution in [0, 0.1) is 0 Å². The van der Waals surface area contributed by atoms with E-state index in [9.17, 15) is 4.79 Å². The Kier molecular flexibility index (Phi) is 20.3. The molecule has 0 heterocycles. The van der Waals surface area contributed by atoms with Crippen LogP contribution in [0.2, 0.25) is 0 Å². The molecule has 0 radical (unpaired) electrons. The molecule has 0 fully saturated rings. The summed E-state index contributed by atoms with van der Waals surface area (Å²) in [5.74, 6) is -0.671. The number of carboxylic acid groups (broad SMARTS) is 1. The molecule has 28 heavy (non-hydrogen) atoms. The molecule has 0 bridgehead atoms. The summed E-state index contributed by atoms with van der Waals surface area (Å²) in [5.41, 5.74) is 0. The Morgan fingerprint density at radius 2 is 1.21 bits per heavy atom. The third kappa shape index (κ3) is 19.9. The van der Waals surface area contributed by atoms with Crippen LogP contribution in [-0.2, 0) is 4.79 Å². The average molecular weight is 396 g/mol. The van der Waals surface area contributed by atoms with Gasteiger partial charge < -0.3 is 10.0 Å². The van der Waals surface area contributed by atoms with Crippen LogP contribution < -0.4 is 0 Å². The Balaban J connectivity index is 3.41. The molecular weight excluding hydrogens is 346 g/mol. The lowest BCUT2D eigenvalue weighted by atomic mass is 9.99. The monoisotopic (exact) mass is 395 g/mol. The SMILES string of the molecule is CCCCCCC(CCCCCCCC/C=C/CCCCCC(=O)O)N(C)C.